The Hall–Kier alpha value is -0.640. The van der Waals surface area contributed by atoms with Crippen molar-refractivity contribution < 1.29 is 0 Å². The van der Waals surface area contributed by atoms with E-state index in [0.717, 1.165) is 10.1 Å². The summed E-state index contributed by atoms with van der Waals surface area (Å²) in [6.45, 7) is 4.25. The van der Waals surface area contributed by atoms with Gasteiger partial charge in [0.2, 0.25) is 5.13 Å². The summed E-state index contributed by atoms with van der Waals surface area (Å²) in [5.74, 6) is 0. The Bertz CT molecular complexity index is 302. The molecule has 1 heterocycles. The van der Waals surface area contributed by atoms with Crippen LogP contribution in [0.15, 0.2) is 0 Å². The van der Waals surface area contributed by atoms with Crippen molar-refractivity contribution in [3.05, 3.63) is 5.01 Å². The van der Waals surface area contributed by atoms with E-state index >= 15 is 0 Å². The smallest absolute Gasteiger partial charge is 0.206 e. The highest BCUT2D eigenvalue weighted by Crippen LogP contribution is 2.36. The SMILES string of the molecule is CCC1(Nc2nnc(C)s2)CCCC1. The molecule has 0 aliphatic heterocycles. The number of nitrogens with one attached hydrogen (secondary N) is 1. The molecule has 14 heavy (non-hydrogen) atoms. The van der Waals surface area contributed by atoms with Crippen LogP contribution in [0.1, 0.15) is 44.0 Å². The fourth-order valence-corrected chi connectivity index (χ4v) is 2.90. The number of hydrogen-bond donors (Lipinski definition) is 1. The highest BCUT2D eigenvalue weighted by molar-refractivity contribution is 7.15. The average Bonchev–Trinajstić information content (AvgIpc) is 2.77. The zero-order chi connectivity index (χ0) is 10.0. The van der Waals surface area contributed by atoms with Crippen molar-refractivity contribution in [2.24, 2.45) is 0 Å². The molecule has 1 aliphatic carbocycles. The Morgan fingerprint density at radius 2 is 2.07 bits per heavy atom. The summed E-state index contributed by atoms with van der Waals surface area (Å²) in [4.78, 5) is 0. The van der Waals surface area contributed by atoms with Gasteiger partial charge in [0, 0.05) is 5.54 Å². The molecule has 1 N–H and O–H groups in total. The molecule has 1 fully saturated rings. The van der Waals surface area contributed by atoms with Crippen molar-refractivity contribution in [2.45, 2.75) is 51.5 Å². The molecule has 0 saturated heterocycles. The fourth-order valence-electron chi connectivity index (χ4n) is 2.19. The van der Waals surface area contributed by atoms with Gasteiger partial charge >= 0.3 is 0 Å². The van der Waals surface area contributed by atoms with Crippen molar-refractivity contribution in [3.63, 3.8) is 0 Å². The van der Waals surface area contributed by atoms with Gasteiger partial charge in [-0.1, -0.05) is 31.1 Å². The minimum atomic E-state index is 0.311. The predicted octanol–water partition coefficient (Wildman–Crippen LogP) is 2.98. The monoisotopic (exact) mass is 211 g/mol. The third-order valence-corrected chi connectivity index (χ3v) is 3.89. The topological polar surface area (TPSA) is 37.8 Å². The first-order valence-corrected chi connectivity index (χ1v) is 6.14. The summed E-state index contributed by atoms with van der Waals surface area (Å²) in [7, 11) is 0. The first-order chi connectivity index (χ1) is 6.74. The molecule has 2 rings (SSSR count). The minimum Gasteiger partial charge on any atom is -0.355 e. The van der Waals surface area contributed by atoms with E-state index < -0.39 is 0 Å². The van der Waals surface area contributed by atoms with Crippen LogP contribution in [0, 0.1) is 6.92 Å². The maximum atomic E-state index is 4.13. The summed E-state index contributed by atoms with van der Waals surface area (Å²) >= 11 is 1.66. The fraction of sp³-hybridized carbons (Fsp3) is 0.800. The van der Waals surface area contributed by atoms with Crippen LogP contribution < -0.4 is 5.32 Å². The van der Waals surface area contributed by atoms with Crippen LogP contribution in [0.3, 0.4) is 0 Å². The Morgan fingerprint density at radius 3 is 2.57 bits per heavy atom. The van der Waals surface area contributed by atoms with Gasteiger partial charge in [-0.05, 0) is 26.2 Å². The van der Waals surface area contributed by atoms with E-state index in [0.29, 0.717) is 5.54 Å². The molecule has 1 saturated carbocycles. The van der Waals surface area contributed by atoms with E-state index in [1.807, 2.05) is 6.92 Å². The number of rotatable bonds is 3. The standard InChI is InChI=1S/C10H17N3S/c1-3-10(6-4-5-7-10)11-9-13-12-8(2)14-9/h3-7H2,1-2H3,(H,11,13). The predicted molar refractivity (Wildman–Crippen MR) is 59.8 cm³/mol. The molecule has 3 nitrogen and oxygen atoms in total. The van der Waals surface area contributed by atoms with Crippen molar-refractivity contribution in [1.82, 2.24) is 10.2 Å². The number of anilines is 1. The van der Waals surface area contributed by atoms with Gasteiger partial charge in [0.05, 0.1) is 0 Å². The van der Waals surface area contributed by atoms with E-state index in [2.05, 4.69) is 22.4 Å². The summed E-state index contributed by atoms with van der Waals surface area (Å²) in [6.07, 6.45) is 6.44. The molecule has 1 aromatic heterocycles. The summed E-state index contributed by atoms with van der Waals surface area (Å²) in [6, 6.07) is 0. The van der Waals surface area contributed by atoms with E-state index in [1.54, 1.807) is 11.3 Å². The summed E-state index contributed by atoms with van der Waals surface area (Å²) in [5.41, 5.74) is 0.311. The average molecular weight is 211 g/mol. The lowest BCUT2D eigenvalue weighted by Crippen LogP contribution is -2.33. The Labute approximate surface area is 88.9 Å². The van der Waals surface area contributed by atoms with Crippen LogP contribution >= 0.6 is 11.3 Å². The van der Waals surface area contributed by atoms with Crippen LogP contribution in [0.5, 0.6) is 0 Å². The van der Waals surface area contributed by atoms with Crippen molar-refractivity contribution >= 4 is 16.5 Å². The largest absolute Gasteiger partial charge is 0.355 e. The molecule has 4 heteroatoms. The Kier molecular flexibility index (Phi) is 2.72. The first-order valence-electron chi connectivity index (χ1n) is 5.32. The Morgan fingerprint density at radius 1 is 1.36 bits per heavy atom. The molecule has 1 aliphatic rings. The van der Waals surface area contributed by atoms with E-state index in [4.69, 9.17) is 0 Å². The molecule has 0 radical (unpaired) electrons. The van der Waals surface area contributed by atoms with Crippen molar-refractivity contribution in [3.8, 4) is 0 Å². The van der Waals surface area contributed by atoms with Gasteiger partial charge in [-0.15, -0.1) is 10.2 Å². The third kappa shape index (κ3) is 1.90. The second-order valence-corrected chi connectivity index (χ2v) is 5.27. The number of hydrogen-bond acceptors (Lipinski definition) is 4. The first kappa shape index (κ1) is 9.90. The second-order valence-electron chi connectivity index (χ2n) is 4.09. The number of aromatic nitrogens is 2. The molecule has 0 unspecified atom stereocenters. The number of nitrogens with zero attached hydrogens (tertiary/aromatic N) is 2. The van der Waals surface area contributed by atoms with Crippen LogP contribution in [0.4, 0.5) is 5.13 Å². The van der Waals surface area contributed by atoms with Gasteiger partial charge in [0.1, 0.15) is 5.01 Å². The van der Waals surface area contributed by atoms with Crippen LogP contribution in [-0.2, 0) is 0 Å². The molecular weight excluding hydrogens is 194 g/mol. The third-order valence-electron chi connectivity index (χ3n) is 3.14. The van der Waals surface area contributed by atoms with Gasteiger partial charge in [-0.25, -0.2) is 0 Å². The quantitative estimate of drug-likeness (QED) is 0.835. The zero-order valence-corrected chi connectivity index (χ0v) is 9.65. The molecule has 0 amide bonds. The minimum absolute atomic E-state index is 0.311. The lowest BCUT2D eigenvalue weighted by Gasteiger charge is -2.28. The highest BCUT2D eigenvalue weighted by atomic mass is 32.1. The van der Waals surface area contributed by atoms with Gasteiger partial charge in [0.15, 0.2) is 0 Å². The van der Waals surface area contributed by atoms with E-state index in [1.165, 1.54) is 32.1 Å². The van der Waals surface area contributed by atoms with Gasteiger partial charge in [-0.2, -0.15) is 0 Å². The van der Waals surface area contributed by atoms with Gasteiger partial charge < -0.3 is 5.32 Å². The van der Waals surface area contributed by atoms with Gasteiger partial charge in [-0.3, -0.25) is 0 Å². The lowest BCUT2D eigenvalue weighted by molar-refractivity contribution is 0.464. The normalized spacial score (nSPS) is 19.9. The van der Waals surface area contributed by atoms with Crippen LogP contribution in [0.25, 0.3) is 0 Å². The molecule has 0 aromatic carbocycles. The molecule has 0 spiro atoms. The molecule has 0 atom stereocenters. The van der Waals surface area contributed by atoms with E-state index in [-0.39, 0.29) is 0 Å². The maximum absolute atomic E-state index is 4.13. The second kappa shape index (κ2) is 3.85. The highest BCUT2D eigenvalue weighted by Gasteiger charge is 2.32. The van der Waals surface area contributed by atoms with E-state index in [9.17, 15) is 0 Å². The summed E-state index contributed by atoms with van der Waals surface area (Å²) in [5, 5.41) is 13.8. The molecule has 0 bridgehead atoms. The number of aryl methyl sites for hydroxylation is 1. The van der Waals surface area contributed by atoms with Crippen LogP contribution in [0.2, 0.25) is 0 Å². The van der Waals surface area contributed by atoms with Crippen molar-refractivity contribution in [2.75, 3.05) is 5.32 Å². The molecular formula is C10H17N3S. The lowest BCUT2D eigenvalue weighted by atomic mass is 9.95. The zero-order valence-electron chi connectivity index (χ0n) is 8.84. The maximum Gasteiger partial charge on any atom is 0.206 e. The summed E-state index contributed by atoms with van der Waals surface area (Å²) < 4.78 is 0. The molecule has 1 aromatic rings. The molecule has 78 valence electrons. The van der Waals surface area contributed by atoms with Crippen molar-refractivity contribution in [1.29, 1.82) is 0 Å². The Balaban J connectivity index is 2.08. The van der Waals surface area contributed by atoms with Gasteiger partial charge in [0.25, 0.3) is 0 Å². The van der Waals surface area contributed by atoms with Crippen LogP contribution in [-0.4, -0.2) is 15.7 Å².